The summed E-state index contributed by atoms with van der Waals surface area (Å²) in [5, 5.41) is 4.38. The minimum Gasteiger partial charge on any atom is -0.294 e. The highest BCUT2D eigenvalue weighted by Gasteiger charge is 2.37. The molecule has 1 amide bonds. The standard InChI is InChI=1S/C20H18Cl3N3O/c1-3-10(4-2)12-7-8-14(22)18-16(12)24-20-25-19(27)17(26(18)20)13-6-5-11(21)9-15(13)23/h5-10,17H,3-4H2,1-2H3,(H,24,25,27). The Hall–Kier alpha value is -1.75. The van der Waals surface area contributed by atoms with Crippen molar-refractivity contribution in [1.82, 2.24) is 9.55 Å². The van der Waals surface area contributed by atoms with Crippen LogP contribution in [0.15, 0.2) is 30.3 Å². The van der Waals surface area contributed by atoms with Crippen LogP contribution in [0.3, 0.4) is 0 Å². The van der Waals surface area contributed by atoms with Gasteiger partial charge in [0.05, 0.1) is 16.1 Å². The summed E-state index contributed by atoms with van der Waals surface area (Å²) in [7, 11) is 0. The number of carbonyl (C=O) groups is 1. The van der Waals surface area contributed by atoms with Crippen molar-refractivity contribution < 1.29 is 4.79 Å². The van der Waals surface area contributed by atoms with E-state index < -0.39 is 6.04 Å². The molecule has 1 aliphatic heterocycles. The Morgan fingerprint density at radius 3 is 2.52 bits per heavy atom. The Labute approximate surface area is 172 Å². The van der Waals surface area contributed by atoms with E-state index >= 15 is 0 Å². The lowest BCUT2D eigenvalue weighted by molar-refractivity contribution is -0.117. The van der Waals surface area contributed by atoms with Crippen LogP contribution in [-0.2, 0) is 4.79 Å². The lowest BCUT2D eigenvalue weighted by Crippen LogP contribution is -2.17. The number of halogens is 3. The molecule has 0 saturated carbocycles. The second-order valence-corrected chi connectivity index (χ2v) is 7.96. The quantitative estimate of drug-likeness (QED) is 0.526. The fraction of sp³-hybridized carbons (Fsp3) is 0.300. The Morgan fingerprint density at radius 2 is 1.85 bits per heavy atom. The lowest BCUT2D eigenvalue weighted by atomic mass is 9.93. The third-order valence-electron chi connectivity index (χ3n) is 5.24. The molecule has 27 heavy (non-hydrogen) atoms. The first kappa shape index (κ1) is 18.6. The topological polar surface area (TPSA) is 46.9 Å². The molecule has 1 N–H and O–H groups in total. The number of benzene rings is 2. The molecule has 140 valence electrons. The van der Waals surface area contributed by atoms with Crippen molar-refractivity contribution in [2.45, 2.75) is 38.6 Å². The summed E-state index contributed by atoms with van der Waals surface area (Å²) < 4.78 is 1.85. The van der Waals surface area contributed by atoms with Gasteiger partial charge in [0.25, 0.3) is 5.91 Å². The zero-order chi connectivity index (χ0) is 19.3. The van der Waals surface area contributed by atoms with Gasteiger partial charge in [0.2, 0.25) is 5.95 Å². The van der Waals surface area contributed by atoms with Crippen LogP contribution in [0.4, 0.5) is 5.95 Å². The number of imidazole rings is 1. The van der Waals surface area contributed by atoms with Gasteiger partial charge in [-0.15, -0.1) is 0 Å². The number of amides is 1. The zero-order valence-corrected chi connectivity index (χ0v) is 17.2. The van der Waals surface area contributed by atoms with Gasteiger partial charge in [-0.1, -0.05) is 60.8 Å². The highest BCUT2D eigenvalue weighted by atomic mass is 35.5. The zero-order valence-electron chi connectivity index (χ0n) is 14.9. The molecule has 0 fully saturated rings. The van der Waals surface area contributed by atoms with Gasteiger partial charge >= 0.3 is 0 Å². The third kappa shape index (κ3) is 2.91. The van der Waals surface area contributed by atoms with Crippen LogP contribution in [0.5, 0.6) is 0 Å². The van der Waals surface area contributed by atoms with E-state index in [9.17, 15) is 4.79 Å². The number of carbonyl (C=O) groups excluding carboxylic acids is 1. The molecule has 7 heteroatoms. The van der Waals surface area contributed by atoms with E-state index in [0.717, 1.165) is 29.4 Å². The summed E-state index contributed by atoms with van der Waals surface area (Å²) in [4.78, 5) is 17.4. The second-order valence-electron chi connectivity index (χ2n) is 6.71. The van der Waals surface area contributed by atoms with Gasteiger partial charge in [-0.25, -0.2) is 4.98 Å². The molecular weight excluding hydrogens is 405 g/mol. The maximum absolute atomic E-state index is 12.7. The van der Waals surface area contributed by atoms with Gasteiger partial charge in [0, 0.05) is 15.6 Å². The lowest BCUT2D eigenvalue weighted by Gasteiger charge is -2.17. The number of nitrogens with one attached hydrogen (secondary N) is 1. The number of nitrogens with zero attached hydrogens (tertiary/aromatic N) is 2. The van der Waals surface area contributed by atoms with Gasteiger partial charge in [-0.3, -0.25) is 14.7 Å². The monoisotopic (exact) mass is 421 g/mol. The SMILES string of the molecule is CCC(CC)c1ccc(Cl)c2c1nc1n2C(c2ccc(Cl)cc2Cl)C(=O)N1. The molecule has 2 heterocycles. The smallest absolute Gasteiger partial charge is 0.254 e. The van der Waals surface area contributed by atoms with Crippen molar-refractivity contribution in [3.05, 3.63) is 56.5 Å². The molecule has 0 saturated heterocycles. The molecule has 4 nitrogen and oxygen atoms in total. The predicted octanol–water partition coefficient (Wildman–Crippen LogP) is 6.44. The fourth-order valence-electron chi connectivity index (χ4n) is 3.88. The molecule has 0 radical (unpaired) electrons. The first-order chi connectivity index (χ1) is 13.0. The first-order valence-electron chi connectivity index (χ1n) is 8.92. The van der Waals surface area contributed by atoms with Crippen molar-refractivity contribution >= 4 is 57.7 Å². The molecule has 0 aliphatic carbocycles. The highest BCUT2D eigenvalue weighted by Crippen LogP contribution is 2.42. The van der Waals surface area contributed by atoms with Crippen LogP contribution < -0.4 is 5.32 Å². The van der Waals surface area contributed by atoms with Crippen molar-refractivity contribution in [3.63, 3.8) is 0 Å². The Kier molecular flexibility index (Phi) is 4.83. The van der Waals surface area contributed by atoms with Crippen LogP contribution in [0.25, 0.3) is 11.0 Å². The van der Waals surface area contributed by atoms with Crippen molar-refractivity contribution in [2.75, 3.05) is 5.32 Å². The van der Waals surface area contributed by atoms with Gasteiger partial charge < -0.3 is 0 Å². The number of rotatable bonds is 4. The number of aromatic nitrogens is 2. The van der Waals surface area contributed by atoms with Gasteiger partial charge in [0.15, 0.2) is 0 Å². The van der Waals surface area contributed by atoms with E-state index in [1.807, 2.05) is 16.7 Å². The normalized spacial score (nSPS) is 16.2. The molecule has 1 aliphatic rings. The Morgan fingerprint density at radius 1 is 1.11 bits per heavy atom. The summed E-state index contributed by atoms with van der Waals surface area (Å²) in [6.07, 6.45) is 2.02. The van der Waals surface area contributed by atoms with Crippen LogP contribution in [0.2, 0.25) is 15.1 Å². The number of hydrogen-bond donors (Lipinski definition) is 1. The highest BCUT2D eigenvalue weighted by molar-refractivity contribution is 6.36. The molecular formula is C20H18Cl3N3O. The minimum absolute atomic E-state index is 0.187. The number of hydrogen-bond acceptors (Lipinski definition) is 2. The number of anilines is 1. The molecule has 1 atom stereocenters. The van der Waals surface area contributed by atoms with Crippen LogP contribution >= 0.6 is 34.8 Å². The van der Waals surface area contributed by atoms with Crippen LogP contribution in [-0.4, -0.2) is 15.5 Å². The molecule has 0 spiro atoms. The largest absolute Gasteiger partial charge is 0.294 e. The van der Waals surface area contributed by atoms with Gasteiger partial charge in [-0.05, 0) is 42.5 Å². The molecule has 1 unspecified atom stereocenters. The average molecular weight is 423 g/mol. The van der Waals surface area contributed by atoms with Crippen molar-refractivity contribution in [1.29, 1.82) is 0 Å². The van der Waals surface area contributed by atoms with Crippen LogP contribution in [0, 0.1) is 0 Å². The predicted molar refractivity (Wildman–Crippen MR) is 111 cm³/mol. The summed E-state index contributed by atoms with van der Waals surface area (Å²) in [5.74, 6) is 0.688. The van der Waals surface area contributed by atoms with Gasteiger partial charge in [-0.2, -0.15) is 0 Å². The maximum Gasteiger partial charge on any atom is 0.254 e. The summed E-state index contributed by atoms with van der Waals surface area (Å²) in [5.41, 5.74) is 3.41. The van der Waals surface area contributed by atoms with E-state index in [1.54, 1.807) is 18.2 Å². The van der Waals surface area contributed by atoms with E-state index in [0.29, 0.717) is 32.5 Å². The van der Waals surface area contributed by atoms with Crippen molar-refractivity contribution in [2.24, 2.45) is 0 Å². The van der Waals surface area contributed by atoms with E-state index in [1.165, 1.54) is 0 Å². The minimum atomic E-state index is -0.635. The third-order valence-corrected chi connectivity index (χ3v) is 6.11. The molecule has 3 aromatic rings. The van der Waals surface area contributed by atoms with E-state index in [2.05, 4.69) is 19.2 Å². The molecule has 4 rings (SSSR count). The van der Waals surface area contributed by atoms with Crippen LogP contribution in [0.1, 0.15) is 49.8 Å². The summed E-state index contributed by atoms with van der Waals surface area (Å²) in [6.45, 7) is 4.33. The maximum atomic E-state index is 12.7. The molecule has 0 bridgehead atoms. The second kappa shape index (κ2) is 7.01. The van der Waals surface area contributed by atoms with E-state index in [4.69, 9.17) is 39.8 Å². The number of fused-ring (bicyclic) bond motifs is 3. The summed E-state index contributed by atoms with van der Waals surface area (Å²) in [6, 6.07) is 8.43. The van der Waals surface area contributed by atoms with Crippen molar-refractivity contribution in [3.8, 4) is 0 Å². The Bertz CT molecular complexity index is 1060. The molecule has 1 aromatic heterocycles. The summed E-state index contributed by atoms with van der Waals surface area (Å²) >= 11 is 19.0. The van der Waals surface area contributed by atoms with Gasteiger partial charge in [0.1, 0.15) is 6.04 Å². The first-order valence-corrected chi connectivity index (χ1v) is 10.1. The average Bonchev–Trinajstić information content (AvgIpc) is 3.13. The fourth-order valence-corrected chi connectivity index (χ4v) is 4.64. The Balaban J connectivity index is 1.97. The molecule has 2 aromatic carbocycles. The van der Waals surface area contributed by atoms with E-state index in [-0.39, 0.29) is 5.91 Å².